The molecule has 1 fully saturated rings. The lowest BCUT2D eigenvalue weighted by Crippen LogP contribution is -2.44. The molecule has 66 valence electrons. The molecule has 1 aliphatic heterocycles. The average Bonchev–Trinajstić information content (AvgIpc) is 2.01. The number of methoxy groups -OCH3 is 1. The van der Waals surface area contributed by atoms with Gasteiger partial charge in [0.2, 0.25) is 0 Å². The number of hydrogen-bond acceptors (Lipinski definition) is 3. The molecule has 0 saturated carbocycles. The Morgan fingerprint density at radius 2 is 2.09 bits per heavy atom. The molecule has 0 bridgehead atoms. The molecule has 11 heavy (non-hydrogen) atoms. The highest BCUT2D eigenvalue weighted by Gasteiger charge is 2.33. The molecule has 0 aliphatic carbocycles. The molecule has 3 nitrogen and oxygen atoms in total. The minimum Gasteiger partial charge on any atom is -0.392 e. The van der Waals surface area contributed by atoms with Crippen molar-refractivity contribution in [3.05, 3.63) is 0 Å². The molecular formula is C8H16O3. The zero-order valence-corrected chi connectivity index (χ0v) is 7.28. The van der Waals surface area contributed by atoms with Crippen LogP contribution < -0.4 is 0 Å². The highest BCUT2D eigenvalue weighted by atomic mass is 16.7. The SMILES string of the molecule is COC1OC[C@H](C)[C@@H](O)[C@@H]1C. The van der Waals surface area contributed by atoms with E-state index in [-0.39, 0.29) is 24.2 Å². The van der Waals surface area contributed by atoms with Crippen LogP contribution in [0.3, 0.4) is 0 Å². The van der Waals surface area contributed by atoms with Crippen molar-refractivity contribution in [3.63, 3.8) is 0 Å². The van der Waals surface area contributed by atoms with E-state index in [9.17, 15) is 5.11 Å². The maximum absolute atomic E-state index is 9.59. The summed E-state index contributed by atoms with van der Waals surface area (Å²) in [4.78, 5) is 0. The van der Waals surface area contributed by atoms with Gasteiger partial charge in [-0.3, -0.25) is 0 Å². The van der Waals surface area contributed by atoms with Gasteiger partial charge in [-0.05, 0) is 0 Å². The molecule has 3 heteroatoms. The Balaban J connectivity index is 2.52. The summed E-state index contributed by atoms with van der Waals surface area (Å²) in [7, 11) is 1.60. The fourth-order valence-corrected chi connectivity index (χ4v) is 1.46. The largest absolute Gasteiger partial charge is 0.392 e. The summed E-state index contributed by atoms with van der Waals surface area (Å²) in [6, 6.07) is 0. The Morgan fingerprint density at radius 3 is 2.64 bits per heavy atom. The van der Waals surface area contributed by atoms with Gasteiger partial charge in [0.15, 0.2) is 6.29 Å². The van der Waals surface area contributed by atoms with Gasteiger partial charge in [-0.25, -0.2) is 0 Å². The second-order valence-electron chi connectivity index (χ2n) is 3.26. The molecule has 4 atom stereocenters. The molecule has 1 unspecified atom stereocenters. The first-order valence-electron chi connectivity index (χ1n) is 3.99. The molecule has 1 N–H and O–H groups in total. The van der Waals surface area contributed by atoms with Crippen molar-refractivity contribution in [2.45, 2.75) is 26.2 Å². The lowest BCUT2D eigenvalue weighted by Gasteiger charge is -2.36. The third kappa shape index (κ3) is 1.72. The van der Waals surface area contributed by atoms with E-state index < -0.39 is 0 Å². The summed E-state index contributed by atoms with van der Waals surface area (Å²) < 4.78 is 10.4. The summed E-state index contributed by atoms with van der Waals surface area (Å²) in [5, 5.41) is 9.59. The van der Waals surface area contributed by atoms with Gasteiger partial charge in [0.1, 0.15) is 0 Å². The monoisotopic (exact) mass is 160 g/mol. The highest BCUT2D eigenvalue weighted by molar-refractivity contribution is 4.77. The summed E-state index contributed by atoms with van der Waals surface area (Å²) in [6.07, 6.45) is -0.533. The topological polar surface area (TPSA) is 38.7 Å². The molecule has 0 aromatic carbocycles. The van der Waals surface area contributed by atoms with Gasteiger partial charge in [0.25, 0.3) is 0 Å². The van der Waals surface area contributed by atoms with Crippen LogP contribution in [0, 0.1) is 11.8 Å². The fourth-order valence-electron chi connectivity index (χ4n) is 1.46. The molecule has 0 spiro atoms. The van der Waals surface area contributed by atoms with Gasteiger partial charge in [-0.2, -0.15) is 0 Å². The van der Waals surface area contributed by atoms with Crippen LogP contribution in [0.15, 0.2) is 0 Å². The van der Waals surface area contributed by atoms with Crippen molar-refractivity contribution in [1.82, 2.24) is 0 Å². The van der Waals surface area contributed by atoms with Crippen molar-refractivity contribution in [2.75, 3.05) is 13.7 Å². The fraction of sp³-hybridized carbons (Fsp3) is 1.00. The summed E-state index contributed by atoms with van der Waals surface area (Å²) in [5.41, 5.74) is 0. The maximum Gasteiger partial charge on any atom is 0.162 e. The van der Waals surface area contributed by atoms with E-state index in [2.05, 4.69) is 0 Å². The quantitative estimate of drug-likeness (QED) is 0.611. The van der Waals surface area contributed by atoms with Gasteiger partial charge >= 0.3 is 0 Å². The first-order valence-corrected chi connectivity index (χ1v) is 3.99. The van der Waals surface area contributed by atoms with Crippen molar-refractivity contribution in [3.8, 4) is 0 Å². The molecular weight excluding hydrogens is 144 g/mol. The van der Waals surface area contributed by atoms with Crippen molar-refractivity contribution >= 4 is 0 Å². The minimum absolute atomic E-state index is 0.0729. The van der Waals surface area contributed by atoms with Gasteiger partial charge in [-0.1, -0.05) is 13.8 Å². The lowest BCUT2D eigenvalue weighted by atomic mass is 9.91. The number of aliphatic hydroxyl groups excluding tert-OH is 1. The van der Waals surface area contributed by atoms with Crippen LogP contribution in [-0.2, 0) is 9.47 Å². The molecule has 1 saturated heterocycles. The van der Waals surface area contributed by atoms with Gasteiger partial charge < -0.3 is 14.6 Å². The van der Waals surface area contributed by atoms with Gasteiger partial charge in [0, 0.05) is 18.9 Å². The third-order valence-corrected chi connectivity index (χ3v) is 2.31. The Kier molecular flexibility index (Phi) is 2.87. The first kappa shape index (κ1) is 8.97. The van der Waals surface area contributed by atoms with Crippen molar-refractivity contribution in [2.24, 2.45) is 11.8 Å². The number of rotatable bonds is 1. The molecule has 1 rings (SSSR count). The Morgan fingerprint density at radius 1 is 1.45 bits per heavy atom. The lowest BCUT2D eigenvalue weighted by molar-refractivity contribution is -0.220. The highest BCUT2D eigenvalue weighted by Crippen LogP contribution is 2.25. The Bertz CT molecular complexity index is 125. The summed E-state index contributed by atoms with van der Waals surface area (Å²) in [6.45, 7) is 4.51. The van der Waals surface area contributed by atoms with Gasteiger partial charge in [0.05, 0.1) is 12.7 Å². The Labute approximate surface area is 67.3 Å². The third-order valence-electron chi connectivity index (χ3n) is 2.31. The smallest absolute Gasteiger partial charge is 0.162 e. The van der Waals surface area contributed by atoms with Crippen LogP contribution >= 0.6 is 0 Å². The van der Waals surface area contributed by atoms with Crippen LogP contribution in [0.4, 0.5) is 0 Å². The molecule has 1 aliphatic rings. The van der Waals surface area contributed by atoms with Crippen LogP contribution in [0.25, 0.3) is 0 Å². The van der Waals surface area contributed by atoms with Crippen LogP contribution in [0.5, 0.6) is 0 Å². The normalized spacial score (nSPS) is 45.8. The van der Waals surface area contributed by atoms with E-state index in [1.54, 1.807) is 7.11 Å². The number of ether oxygens (including phenoxy) is 2. The zero-order valence-electron chi connectivity index (χ0n) is 7.28. The zero-order chi connectivity index (χ0) is 8.43. The van der Waals surface area contributed by atoms with Crippen LogP contribution in [0.1, 0.15) is 13.8 Å². The predicted molar refractivity (Wildman–Crippen MR) is 41.1 cm³/mol. The van der Waals surface area contributed by atoms with Crippen molar-refractivity contribution in [1.29, 1.82) is 0 Å². The molecule has 1 heterocycles. The second-order valence-corrected chi connectivity index (χ2v) is 3.26. The number of hydrogen-bond donors (Lipinski definition) is 1. The van der Waals surface area contributed by atoms with Crippen molar-refractivity contribution < 1.29 is 14.6 Å². The van der Waals surface area contributed by atoms with Gasteiger partial charge in [-0.15, -0.1) is 0 Å². The summed E-state index contributed by atoms with van der Waals surface area (Å²) >= 11 is 0. The van der Waals surface area contributed by atoms with E-state index in [0.717, 1.165) is 0 Å². The molecule has 0 aromatic heterocycles. The summed E-state index contributed by atoms with van der Waals surface area (Å²) in [5.74, 6) is 0.292. The first-order chi connectivity index (χ1) is 5.16. The number of aliphatic hydroxyl groups is 1. The standard InChI is InChI=1S/C8H16O3/c1-5-4-11-8(10-3)6(2)7(5)9/h5-9H,4H2,1-3H3/t5-,6-,7+,8?/m0/s1. The van der Waals surface area contributed by atoms with E-state index in [4.69, 9.17) is 9.47 Å². The van der Waals surface area contributed by atoms with E-state index in [0.29, 0.717) is 6.61 Å². The predicted octanol–water partition coefficient (Wildman–Crippen LogP) is 0.622. The molecule has 0 radical (unpaired) electrons. The van der Waals surface area contributed by atoms with E-state index >= 15 is 0 Å². The second kappa shape index (κ2) is 3.52. The molecule has 0 amide bonds. The van der Waals surface area contributed by atoms with E-state index in [1.807, 2.05) is 13.8 Å². The maximum atomic E-state index is 9.59. The molecule has 0 aromatic rings. The van der Waals surface area contributed by atoms with E-state index in [1.165, 1.54) is 0 Å². The van der Waals surface area contributed by atoms with Crippen LogP contribution in [0.2, 0.25) is 0 Å². The average molecular weight is 160 g/mol. The minimum atomic E-state index is -0.298. The Hall–Kier alpha value is -0.120. The van der Waals surface area contributed by atoms with Crippen LogP contribution in [-0.4, -0.2) is 31.2 Å².